The van der Waals surface area contributed by atoms with Crippen LogP contribution in [-0.4, -0.2) is 22.9 Å². The van der Waals surface area contributed by atoms with Crippen LogP contribution in [0, 0.1) is 11.3 Å². The lowest BCUT2D eigenvalue weighted by Gasteiger charge is -2.11. The first kappa shape index (κ1) is 15.7. The van der Waals surface area contributed by atoms with Gasteiger partial charge in [0.25, 0.3) is 5.91 Å². The molecule has 1 amide bonds. The molecular formula is C14H17BrN2O2. The second-order valence-corrected chi connectivity index (χ2v) is 4.97. The molecule has 0 aliphatic carbocycles. The van der Waals surface area contributed by atoms with Crippen LogP contribution in [-0.2, 0) is 4.79 Å². The van der Waals surface area contributed by atoms with Crippen molar-refractivity contribution in [3.05, 3.63) is 35.4 Å². The number of aliphatic hydroxyl groups is 1. The van der Waals surface area contributed by atoms with Gasteiger partial charge in [-0.05, 0) is 30.5 Å². The molecule has 1 unspecified atom stereocenters. The smallest absolute Gasteiger partial charge is 0.253 e. The van der Waals surface area contributed by atoms with Crippen LogP contribution >= 0.6 is 15.9 Å². The first-order chi connectivity index (χ1) is 9.19. The van der Waals surface area contributed by atoms with Crippen molar-refractivity contribution < 1.29 is 9.90 Å². The van der Waals surface area contributed by atoms with E-state index in [4.69, 9.17) is 5.26 Å². The summed E-state index contributed by atoms with van der Waals surface area (Å²) in [5.74, 6) is -0.422. The minimum absolute atomic E-state index is 0.422. The van der Waals surface area contributed by atoms with Crippen LogP contribution in [0.2, 0.25) is 0 Å². The second-order valence-electron chi connectivity index (χ2n) is 4.18. The fraction of sp³-hybridized carbons (Fsp3) is 0.429. The Balaban J connectivity index is 2.45. The molecule has 0 aromatic heterocycles. The Kier molecular flexibility index (Phi) is 7.16. The van der Waals surface area contributed by atoms with E-state index in [-0.39, 0.29) is 0 Å². The van der Waals surface area contributed by atoms with Crippen molar-refractivity contribution in [1.29, 1.82) is 5.26 Å². The third-order valence-electron chi connectivity index (χ3n) is 2.69. The van der Waals surface area contributed by atoms with E-state index in [0.29, 0.717) is 17.7 Å². The monoisotopic (exact) mass is 324 g/mol. The molecule has 1 aromatic rings. The number of unbranched alkanes of at least 4 members (excludes halogenated alkanes) is 2. The van der Waals surface area contributed by atoms with Crippen molar-refractivity contribution in [2.75, 3.05) is 11.9 Å². The van der Waals surface area contributed by atoms with Gasteiger partial charge in [0.15, 0.2) is 6.10 Å². The Hall–Kier alpha value is -1.38. The zero-order valence-corrected chi connectivity index (χ0v) is 12.2. The topological polar surface area (TPSA) is 73.1 Å². The summed E-state index contributed by atoms with van der Waals surface area (Å²) in [6.45, 7) is 0.556. The molecule has 102 valence electrons. The molecule has 0 aliphatic rings. The van der Waals surface area contributed by atoms with Gasteiger partial charge in [-0.2, -0.15) is 5.26 Å². The average Bonchev–Trinajstić information content (AvgIpc) is 2.46. The van der Waals surface area contributed by atoms with E-state index in [1.54, 1.807) is 18.2 Å². The molecule has 0 radical (unpaired) electrons. The van der Waals surface area contributed by atoms with Crippen LogP contribution in [0.5, 0.6) is 0 Å². The van der Waals surface area contributed by atoms with E-state index in [1.807, 2.05) is 6.07 Å². The Morgan fingerprint density at radius 1 is 1.42 bits per heavy atom. The van der Waals surface area contributed by atoms with Crippen LogP contribution in [0.25, 0.3) is 0 Å². The maximum Gasteiger partial charge on any atom is 0.253 e. The fourth-order valence-corrected chi connectivity index (χ4v) is 2.03. The molecule has 0 aliphatic heterocycles. The van der Waals surface area contributed by atoms with Crippen molar-refractivity contribution in [3.63, 3.8) is 0 Å². The number of hydrogen-bond acceptors (Lipinski definition) is 3. The Bertz CT molecular complexity index is 457. The van der Waals surface area contributed by atoms with Gasteiger partial charge in [0.1, 0.15) is 0 Å². The number of nitrogens with one attached hydrogen (secondary N) is 1. The largest absolute Gasteiger partial charge is 0.378 e. The van der Waals surface area contributed by atoms with E-state index in [1.165, 1.54) is 6.07 Å². The van der Waals surface area contributed by atoms with Gasteiger partial charge in [-0.15, -0.1) is 0 Å². The number of halogens is 1. The van der Waals surface area contributed by atoms with E-state index in [2.05, 4.69) is 21.2 Å². The number of carbonyl (C=O) groups is 1. The molecule has 0 heterocycles. The van der Waals surface area contributed by atoms with E-state index in [0.717, 1.165) is 24.6 Å². The molecule has 0 spiro atoms. The van der Waals surface area contributed by atoms with E-state index < -0.39 is 12.0 Å². The molecule has 1 rings (SSSR count). The van der Waals surface area contributed by atoms with Crippen molar-refractivity contribution in [2.45, 2.75) is 25.4 Å². The number of alkyl halides is 1. The Morgan fingerprint density at radius 3 is 2.89 bits per heavy atom. The first-order valence-electron chi connectivity index (χ1n) is 6.21. The van der Waals surface area contributed by atoms with Crippen molar-refractivity contribution >= 4 is 21.8 Å². The van der Waals surface area contributed by atoms with Crippen molar-refractivity contribution in [1.82, 2.24) is 5.32 Å². The summed E-state index contributed by atoms with van der Waals surface area (Å²) in [6, 6.07) is 8.42. The fourth-order valence-electron chi connectivity index (χ4n) is 1.63. The number of nitrogens with zero attached hydrogens (tertiary/aromatic N) is 1. The van der Waals surface area contributed by atoms with Crippen LogP contribution in [0.1, 0.15) is 36.5 Å². The summed E-state index contributed by atoms with van der Waals surface area (Å²) >= 11 is 3.34. The standard InChI is InChI=1S/C14H17BrN2O2/c15-7-2-1-3-8-17-14(19)13(18)12-6-4-5-11(9-12)10-16/h4-6,9,13,18H,1-3,7-8H2,(H,17,19). The second kappa shape index (κ2) is 8.68. The molecule has 5 heteroatoms. The molecule has 0 saturated heterocycles. The third kappa shape index (κ3) is 5.41. The lowest BCUT2D eigenvalue weighted by molar-refractivity contribution is -0.129. The van der Waals surface area contributed by atoms with Gasteiger partial charge in [0.2, 0.25) is 0 Å². The van der Waals surface area contributed by atoms with Gasteiger partial charge >= 0.3 is 0 Å². The van der Waals surface area contributed by atoms with Gasteiger partial charge in [-0.25, -0.2) is 0 Å². The predicted molar refractivity (Wildman–Crippen MR) is 76.8 cm³/mol. The van der Waals surface area contributed by atoms with Crippen LogP contribution in [0.4, 0.5) is 0 Å². The van der Waals surface area contributed by atoms with Gasteiger partial charge in [-0.3, -0.25) is 4.79 Å². The lowest BCUT2D eigenvalue weighted by atomic mass is 10.1. The molecular weight excluding hydrogens is 308 g/mol. The highest BCUT2D eigenvalue weighted by molar-refractivity contribution is 9.09. The SMILES string of the molecule is N#Cc1cccc(C(O)C(=O)NCCCCCBr)c1. The maximum atomic E-state index is 11.7. The molecule has 1 aromatic carbocycles. The summed E-state index contributed by atoms with van der Waals surface area (Å²) < 4.78 is 0. The summed E-state index contributed by atoms with van der Waals surface area (Å²) in [4.78, 5) is 11.7. The summed E-state index contributed by atoms with van der Waals surface area (Å²) in [5.41, 5.74) is 0.874. The van der Waals surface area contributed by atoms with Gasteiger partial charge in [0.05, 0.1) is 11.6 Å². The third-order valence-corrected chi connectivity index (χ3v) is 3.25. The highest BCUT2D eigenvalue weighted by Crippen LogP contribution is 2.14. The number of nitriles is 1. The summed E-state index contributed by atoms with van der Waals surface area (Å²) in [6.07, 6.45) is 1.78. The zero-order chi connectivity index (χ0) is 14.1. The number of aliphatic hydroxyl groups excluding tert-OH is 1. The Labute approximate surface area is 121 Å². The minimum Gasteiger partial charge on any atom is -0.378 e. The van der Waals surface area contributed by atoms with Crippen LogP contribution in [0.15, 0.2) is 24.3 Å². The van der Waals surface area contributed by atoms with Crippen molar-refractivity contribution in [3.8, 4) is 6.07 Å². The molecule has 0 saturated carbocycles. The average molecular weight is 325 g/mol. The number of amides is 1. The van der Waals surface area contributed by atoms with Gasteiger partial charge in [-0.1, -0.05) is 34.5 Å². The molecule has 0 bridgehead atoms. The predicted octanol–water partition coefficient (Wildman–Crippen LogP) is 2.27. The molecule has 19 heavy (non-hydrogen) atoms. The van der Waals surface area contributed by atoms with Gasteiger partial charge in [0, 0.05) is 11.9 Å². The van der Waals surface area contributed by atoms with E-state index >= 15 is 0 Å². The van der Waals surface area contributed by atoms with E-state index in [9.17, 15) is 9.90 Å². The number of carbonyl (C=O) groups excluding carboxylic acids is 1. The first-order valence-corrected chi connectivity index (χ1v) is 7.33. The van der Waals surface area contributed by atoms with Gasteiger partial charge < -0.3 is 10.4 Å². The lowest BCUT2D eigenvalue weighted by Crippen LogP contribution is -2.30. The molecule has 2 N–H and O–H groups in total. The normalized spacial score (nSPS) is 11.6. The zero-order valence-electron chi connectivity index (χ0n) is 10.6. The Morgan fingerprint density at radius 2 is 2.21 bits per heavy atom. The van der Waals surface area contributed by atoms with Crippen LogP contribution < -0.4 is 5.32 Å². The number of hydrogen-bond donors (Lipinski definition) is 2. The maximum absolute atomic E-state index is 11.7. The molecule has 0 fully saturated rings. The quantitative estimate of drug-likeness (QED) is 0.597. The molecule has 4 nitrogen and oxygen atoms in total. The highest BCUT2D eigenvalue weighted by Gasteiger charge is 2.16. The highest BCUT2D eigenvalue weighted by atomic mass is 79.9. The van der Waals surface area contributed by atoms with Crippen molar-refractivity contribution in [2.24, 2.45) is 0 Å². The summed E-state index contributed by atoms with van der Waals surface area (Å²) in [7, 11) is 0. The molecule has 1 atom stereocenters. The van der Waals surface area contributed by atoms with Crippen LogP contribution in [0.3, 0.4) is 0 Å². The minimum atomic E-state index is -1.22. The summed E-state index contributed by atoms with van der Waals surface area (Å²) in [5, 5.41) is 22.3. The number of rotatable bonds is 7. The number of benzene rings is 1.